The fraction of sp³-hybridized carbons (Fsp3) is 0.417. The lowest BCUT2D eigenvalue weighted by atomic mass is 10.2. The van der Waals surface area contributed by atoms with Crippen LogP contribution in [-0.2, 0) is 0 Å². The summed E-state index contributed by atoms with van der Waals surface area (Å²) in [4.78, 5) is 0. The van der Waals surface area contributed by atoms with E-state index >= 15 is 0 Å². The third-order valence-corrected chi connectivity index (χ3v) is 1.65. The standard InChI is InChI=1S/C12H17N/c1-2-3-4-5-6-7-8-9-10-11-12-13/h2-3,8-11H,4-7H2,1H3/b3-2+,9-8+,11-10+. The van der Waals surface area contributed by atoms with Gasteiger partial charge in [0.05, 0.1) is 6.07 Å². The molecule has 1 nitrogen and oxygen atoms in total. The number of nitrogens with zero attached hydrogens (tertiary/aromatic N) is 1. The third kappa shape index (κ3) is 10.7. The summed E-state index contributed by atoms with van der Waals surface area (Å²) in [5.74, 6) is 0. The zero-order valence-electron chi connectivity index (χ0n) is 8.24. The lowest BCUT2D eigenvalue weighted by molar-refractivity contribution is 0.762. The van der Waals surface area contributed by atoms with Crippen LogP contribution in [0.15, 0.2) is 36.5 Å². The second-order valence-corrected chi connectivity index (χ2v) is 2.77. The van der Waals surface area contributed by atoms with Crippen LogP contribution in [0.3, 0.4) is 0 Å². The van der Waals surface area contributed by atoms with Crippen LogP contribution in [0, 0.1) is 11.3 Å². The van der Waals surface area contributed by atoms with Crippen LogP contribution in [-0.4, -0.2) is 0 Å². The maximum atomic E-state index is 8.19. The van der Waals surface area contributed by atoms with E-state index in [0.29, 0.717) is 0 Å². The number of allylic oxidation sites excluding steroid dienone is 6. The highest BCUT2D eigenvalue weighted by molar-refractivity contribution is 5.11. The van der Waals surface area contributed by atoms with Gasteiger partial charge in [-0.05, 0) is 32.6 Å². The van der Waals surface area contributed by atoms with E-state index < -0.39 is 0 Å². The molecule has 0 N–H and O–H groups in total. The summed E-state index contributed by atoms with van der Waals surface area (Å²) in [5.41, 5.74) is 0. The molecular formula is C12H17N. The molecule has 0 saturated carbocycles. The maximum Gasteiger partial charge on any atom is 0.0912 e. The van der Waals surface area contributed by atoms with Crippen LogP contribution in [0.2, 0.25) is 0 Å². The fourth-order valence-electron chi connectivity index (χ4n) is 0.964. The van der Waals surface area contributed by atoms with E-state index in [1.54, 1.807) is 6.08 Å². The average Bonchev–Trinajstić information content (AvgIpc) is 2.16. The number of hydrogen-bond donors (Lipinski definition) is 0. The molecule has 0 aromatic heterocycles. The molecule has 0 amide bonds. The molecule has 0 fully saturated rings. The SMILES string of the molecule is C/C=C/CCCC/C=C/C=C/C#N. The van der Waals surface area contributed by atoms with Crippen LogP contribution in [0.25, 0.3) is 0 Å². The Labute approximate surface area is 81.1 Å². The maximum absolute atomic E-state index is 8.19. The molecule has 0 bridgehead atoms. The van der Waals surface area contributed by atoms with Gasteiger partial charge >= 0.3 is 0 Å². The van der Waals surface area contributed by atoms with Crippen molar-refractivity contribution in [1.29, 1.82) is 5.26 Å². The molecule has 0 radical (unpaired) electrons. The second-order valence-electron chi connectivity index (χ2n) is 2.77. The van der Waals surface area contributed by atoms with Gasteiger partial charge in [-0.1, -0.05) is 30.4 Å². The van der Waals surface area contributed by atoms with Gasteiger partial charge in [-0.15, -0.1) is 0 Å². The molecule has 13 heavy (non-hydrogen) atoms. The van der Waals surface area contributed by atoms with Gasteiger partial charge in [0.2, 0.25) is 0 Å². The molecule has 0 aliphatic rings. The Bertz CT molecular complexity index is 216. The van der Waals surface area contributed by atoms with Gasteiger partial charge in [-0.25, -0.2) is 0 Å². The topological polar surface area (TPSA) is 23.8 Å². The first-order valence-corrected chi connectivity index (χ1v) is 4.74. The first-order chi connectivity index (χ1) is 6.41. The Kier molecular flexibility index (Phi) is 9.65. The molecular weight excluding hydrogens is 158 g/mol. The first-order valence-electron chi connectivity index (χ1n) is 4.74. The molecule has 0 rings (SSSR count). The van der Waals surface area contributed by atoms with E-state index in [-0.39, 0.29) is 0 Å². The van der Waals surface area contributed by atoms with Crippen molar-refractivity contribution in [2.24, 2.45) is 0 Å². The molecule has 0 atom stereocenters. The lowest BCUT2D eigenvalue weighted by Gasteiger charge is -1.91. The second kappa shape index (κ2) is 10.7. The zero-order valence-corrected chi connectivity index (χ0v) is 8.24. The van der Waals surface area contributed by atoms with Crippen molar-refractivity contribution in [2.75, 3.05) is 0 Å². The molecule has 0 saturated heterocycles. The monoisotopic (exact) mass is 175 g/mol. The number of hydrogen-bond acceptors (Lipinski definition) is 1. The summed E-state index contributed by atoms with van der Waals surface area (Å²) >= 11 is 0. The highest BCUT2D eigenvalue weighted by Crippen LogP contribution is 2.01. The molecule has 1 heteroatoms. The molecule has 0 aromatic rings. The zero-order chi connectivity index (χ0) is 9.78. The smallest absolute Gasteiger partial charge is 0.0912 e. The third-order valence-electron chi connectivity index (χ3n) is 1.65. The van der Waals surface area contributed by atoms with Crippen molar-refractivity contribution in [3.05, 3.63) is 36.5 Å². The molecule has 0 heterocycles. The summed E-state index contributed by atoms with van der Waals surface area (Å²) in [7, 11) is 0. The molecule has 0 spiro atoms. The van der Waals surface area contributed by atoms with Crippen molar-refractivity contribution >= 4 is 0 Å². The van der Waals surface area contributed by atoms with Crippen molar-refractivity contribution < 1.29 is 0 Å². The normalized spacial score (nSPS) is 11.7. The van der Waals surface area contributed by atoms with Gasteiger partial charge in [0, 0.05) is 6.08 Å². The Hall–Kier alpha value is -1.29. The lowest BCUT2D eigenvalue weighted by Crippen LogP contribution is -1.71. The minimum absolute atomic E-state index is 1.10. The molecule has 70 valence electrons. The van der Waals surface area contributed by atoms with E-state index in [1.807, 2.05) is 19.1 Å². The fourth-order valence-corrected chi connectivity index (χ4v) is 0.964. The van der Waals surface area contributed by atoms with E-state index in [9.17, 15) is 0 Å². The van der Waals surface area contributed by atoms with Gasteiger partial charge in [0.1, 0.15) is 0 Å². The molecule has 0 aromatic carbocycles. The molecule has 0 aliphatic heterocycles. The number of rotatable bonds is 6. The van der Waals surface area contributed by atoms with Gasteiger partial charge in [0.25, 0.3) is 0 Å². The molecule has 0 unspecified atom stereocenters. The number of unbranched alkanes of at least 4 members (excludes halogenated alkanes) is 3. The van der Waals surface area contributed by atoms with E-state index in [1.165, 1.54) is 25.3 Å². The quantitative estimate of drug-likeness (QED) is 0.261. The minimum atomic E-state index is 1.10. The average molecular weight is 175 g/mol. The highest BCUT2D eigenvalue weighted by Gasteiger charge is 1.81. The summed E-state index contributed by atoms with van der Waals surface area (Å²) < 4.78 is 0. The largest absolute Gasteiger partial charge is 0.193 e. The van der Waals surface area contributed by atoms with E-state index in [0.717, 1.165) is 6.42 Å². The minimum Gasteiger partial charge on any atom is -0.193 e. The van der Waals surface area contributed by atoms with Crippen molar-refractivity contribution in [3.8, 4) is 6.07 Å². The predicted molar refractivity (Wildman–Crippen MR) is 57.2 cm³/mol. The van der Waals surface area contributed by atoms with Crippen LogP contribution >= 0.6 is 0 Å². The first kappa shape index (κ1) is 11.7. The highest BCUT2D eigenvalue weighted by atomic mass is 14.2. The van der Waals surface area contributed by atoms with Crippen molar-refractivity contribution in [3.63, 3.8) is 0 Å². The van der Waals surface area contributed by atoms with Crippen LogP contribution in [0.5, 0.6) is 0 Å². The Morgan fingerprint density at radius 2 is 1.77 bits per heavy atom. The Morgan fingerprint density at radius 1 is 1.08 bits per heavy atom. The Morgan fingerprint density at radius 3 is 2.38 bits per heavy atom. The summed E-state index contributed by atoms with van der Waals surface area (Å²) in [6, 6.07) is 1.95. The van der Waals surface area contributed by atoms with Gasteiger partial charge in [0.15, 0.2) is 0 Å². The summed E-state index contributed by atoms with van der Waals surface area (Å²) in [5, 5.41) is 8.19. The van der Waals surface area contributed by atoms with Gasteiger partial charge < -0.3 is 0 Å². The van der Waals surface area contributed by atoms with E-state index in [2.05, 4.69) is 18.2 Å². The van der Waals surface area contributed by atoms with Crippen LogP contribution in [0.1, 0.15) is 32.6 Å². The van der Waals surface area contributed by atoms with E-state index in [4.69, 9.17) is 5.26 Å². The van der Waals surface area contributed by atoms with Gasteiger partial charge in [-0.3, -0.25) is 0 Å². The molecule has 0 aliphatic carbocycles. The van der Waals surface area contributed by atoms with Crippen molar-refractivity contribution in [2.45, 2.75) is 32.6 Å². The van der Waals surface area contributed by atoms with Crippen molar-refractivity contribution in [1.82, 2.24) is 0 Å². The van der Waals surface area contributed by atoms with Crippen LogP contribution in [0.4, 0.5) is 0 Å². The van der Waals surface area contributed by atoms with Crippen LogP contribution < -0.4 is 0 Å². The summed E-state index contributed by atoms with van der Waals surface area (Å²) in [6.07, 6.45) is 16.3. The predicted octanol–water partition coefficient (Wildman–Crippen LogP) is 3.76. The van der Waals surface area contributed by atoms with Gasteiger partial charge in [-0.2, -0.15) is 5.26 Å². The number of nitriles is 1. The summed E-state index contributed by atoms with van der Waals surface area (Å²) in [6.45, 7) is 2.05. The Balaban J connectivity index is 3.21.